The first-order chi connectivity index (χ1) is 15.6. The highest BCUT2D eigenvalue weighted by molar-refractivity contribution is 6.05. The lowest BCUT2D eigenvalue weighted by atomic mass is 10.1. The van der Waals surface area contributed by atoms with Gasteiger partial charge in [-0.25, -0.2) is 0 Å². The van der Waals surface area contributed by atoms with E-state index in [4.69, 9.17) is 14.2 Å². The molecule has 0 unspecified atom stereocenters. The monoisotopic (exact) mass is 431 g/mol. The minimum absolute atomic E-state index is 0.310. The fraction of sp³-hybridized carbons (Fsp3) is 0.125. The lowest BCUT2D eigenvalue weighted by molar-refractivity contribution is -0.111. The van der Waals surface area contributed by atoms with E-state index in [9.17, 15) is 9.59 Å². The Morgan fingerprint density at radius 1 is 1.03 bits per heavy atom. The summed E-state index contributed by atoms with van der Waals surface area (Å²) in [7, 11) is 1.49. The van der Waals surface area contributed by atoms with Gasteiger partial charge in [0.25, 0.3) is 5.91 Å². The number of carbonyl (C=O) groups excluding carboxylic acids is 2. The maximum absolute atomic E-state index is 12.4. The molecule has 2 N–H and O–H groups in total. The van der Waals surface area contributed by atoms with Gasteiger partial charge >= 0.3 is 0 Å². The average molecular weight is 431 g/mol. The number of anilines is 2. The summed E-state index contributed by atoms with van der Waals surface area (Å²) in [6.45, 7) is 1.03. The molecule has 1 aliphatic heterocycles. The number of hydrogen-bond donors (Lipinski definition) is 2. The largest absolute Gasteiger partial charge is 0.494 e. The zero-order chi connectivity index (χ0) is 22.3. The fourth-order valence-electron chi connectivity index (χ4n) is 3.08. The number of pyridine rings is 1. The minimum Gasteiger partial charge on any atom is -0.494 e. The number of ether oxygens (including phenoxy) is 3. The molecule has 0 atom stereocenters. The van der Waals surface area contributed by atoms with Gasteiger partial charge in [-0.05, 0) is 48.0 Å². The number of rotatable bonds is 6. The van der Waals surface area contributed by atoms with E-state index in [2.05, 4.69) is 15.6 Å². The Labute approximate surface area is 184 Å². The van der Waals surface area contributed by atoms with E-state index in [0.29, 0.717) is 47.4 Å². The smallest absolute Gasteiger partial charge is 0.257 e. The van der Waals surface area contributed by atoms with Crippen LogP contribution in [0.4, 0.5) is 11.4 Å². The lowest BCUT2D eigenvalue weighted by Crippen LogP contribution is -2.15. The summed E-state index contributed by atoms with van der Waals surface area (Å²) in [5.74, 6) is 1.15. The van der Waals surface area contributed by atoms with E-state index >= 15 is 0 Å². The third-order valence-corrected chi connectivity index (χ3v) is 4.63. The highest BCUT2D eigenvalue weighted by atomic mass is 16.6. The highest BCUT2D eigenvalue weighted by Gasteiger charge is 2.12. The van der Waals surface area contributed by atoms with Crippen molar-refractivity contribution in [1.29, 1.82) is 0 Å². The van der Waals surface area contributed by atoms with Crippen molar-refractivity contribution in [2.24, 2.45) is 0 Å². The van der Waals surface area contributed by atoms with Gasteiger partial charge in [-0.2, -0.15) is 0 Å². The average Bonchev–Trinajstić information content (AvgIpc) is 2.84. The number of amides is 2. The van der Waals surface area contributed by atoms with Crippen molar-refractivity contribution in [1.82, 2.24) is 4.98 Å². The molecule has 3 aromatic rings. The van der Waals surface area contributed by atoms with Crippen molar-refractivity contribution in [3.05, 3.63) is 78.1 Å². The molecule has 1 aliphatic rings. The fourth-order valence-corrected chi connectivity index (χ4v) is 3.08. The molecule has 0 fully saturated rings. The zero-order valence-corrected chi connectivity index (χ0v) is 17.3. The minimum atomic E-state index is -0.311. The van der Waals surface area contributed by atoms with Crippen LogP contribution in [0.3, 0.4) is 0 Å². The third-order valence-electron chi connectivity index (χ3n) is 4.63. The van der Waals surface area contributed by atoms with Crippen LogP contribution in [0.5, 0.6) is 17.2 Å². The number of nitrogens with one attached hydrogen (secondary N) is 2. The van der Waals surface area contributed by atoms with Crippen LogP contribution in [0, 0.1) is 0 Å². The van der Waals surface area contributed by atoms with Crippen LogP contribution in [0.1, 0.15) is 15.9 Å². The van der Waals surface area contributed by atoms with Crippen LogP contribution in [0.25, 0.3) is 6.08 Å². The van der Waals surface area contributed by atoms with Crippen molar-refractivity contribution >= 4 is 29.3 Å². The van der Waals surface area contributed by atoms with Crippen LogP contribution in [-0.4, -0.2) is 37.1 Å². The van der Waals surface area contributed by atoms with E-state index in [1.807, 2.05) is 18.2 Å². The van der Waals surface area contributed by atoms with Gasteiger partial charge < -0.3 is 24.8 Å². The second-order valence-corrected chi connectivity index (χ2v) is 6.84. The van der Waals surface area contributed by atoms with Crippen LogP contribution in [0.15, 0.2) is 67.0 Å². The number of aromatic nitrogens is 1. The first kappa shape index (κ1) is 20.9. The van der Waals surface area contributed by atoms with Gasteiger partial charge in [0.1, 0.15) is 19.0 Å². The number of fused-ring (bicyclic) bond motifs is 1. The van der Waals surface area contributed by atoms with Gasteiger partial charge in [-0.3, -0.25) is 14.6 Å². The molecular formula is C24H21N3O5. The SMILES string of the molecule is COc1cc(NC(=O)/C=C/c2ccc3c(c2)OCCO3)ccc1NC(=O)c1cccnc1. The predicted octanol–water partition coefficient (Wildman–Crippen LogP) is 3.77. The maximum atomic E-state index is 12.4. The summed E-state index contributed by atoms with van der Waals surface area (Å²) in [5.41, 5.74) is 2.25. The number of methoxy groups -OCH3 is 1. The quantitative estimate of drug-likeness (QED) is 0.577. The highest BCUT2D eigenvalue weighted by Crippen LogP contribution is 2.31. The molecule has 0 bridgehead atoms. The van der Waals surface area contributed by atoms with Gasteiger partial charge in [0, 0.05) is 30.2 Å². The molecule has 0 saturated carbocycles. The lowest BCUT2D eigenvalue weighted by Gasteiger charge is -2.18. The predicted molar refractivity (Wildman–Crippen MR) is 120 cm³/mol. The molecule has 2 heterocycles. The molecule has 8 nitrogen and oxygen atoms in total. The third kappa shape index (κ3) is 5.04. The van der Waals surface area contributed by atoms with E-state index in [1.165, 1.54) is 19.4 Å². The summed E-state index contributed by atoms with van der Waals surface area (Å²) in [6, 6.07) is 13.8. The molecule has 2 amide bonds. The molecule has 1 aromatic heterocycles. The number of benzene rings is 2. The van der Waals surface area contributed by atoms with E-state index in [-0.39, 0.29) is 11.8 Å². The number of carbonyl (C=O) groups is 2. The van der Waals surface area contributed by atoms with Gasteiger partial charge in [0.05, 0.1) is 18.4 Å². The Kier molecular flexibility index (Phi) is 6.31. The summed E-state index contributed by atoms with van der Waals surface area (Å²) in [5, 5.41) is 5.55. The van der Waals surface area contributed by atoms with Crippen molar-refractivity contribution < 1.29 is 23.8 Å². The Bertz CT molecular complexity index is 1160. The van der Waals surface area contributed by atoms with Crippen LogP contribution < -0.4 is 24.8 Å². The van der Waals surface area contributed by atoms with Gasteiger partial charge in [-0.1, -0.05) is 6.07 Å². The number of nitrogens with zero attached hydrogens (tertiary/aromatic N) is 1. The van der Waals surface area contributed by atoms with Crippen LogP contribution in [0.2, 0.25) is 0 Å². The first-order valence-corrected chi connectivity index (χ1v) is 9.90. The van der Waals surface area contributed by atoms with Crippen molar-refractivity contribution in [3.63, 3.8) is 0 Å². The van der Waals surface area contributed by atoms with Gasteiger partial charge in [-0.15, -0.1) is 0 Å². The molecule has 0 spiro atoms. The van der Waals surface area contributed by atoms with Gasteiger partial charge in [0.2, 0.25) is 5.91 Å². The Morgan fingerprint density at radius 3 is 2.66 bits per heavy atom. The summed E-state index contributed by atoms with van der Waals surface area (Å²) in [4.78, 5) is 28.6. The maximum Gasteiger partial charge on any atom is 0.257 e. The summed E-state index contributed by atoms with van der Waals surface area (Å²) < 4.78 is 16.4. The second-order valence-electron chi connectivity index (χ2n) is 6.84. The van der Waals surface area contributed by atoms with Gasteiger partial charge in [0.15, 0.2) is 11.5 Å². The van der Waals surface area contributed by atoms with E-state index in [1.54, 1.807) is 42.6 Å². The molecule has 32 heavy (non-hydrogen) atoms. The Hall–Kier alpha value is -4.33. The van der Waals surface area contributed by atoms with E-state index < -0.39 is 0 Å². The standard InChI is InChI=1S/C24H21N3O5/c1-30-21-14-18(6-7-19(21)27-24(29)17-3-2-10-25-15-17)26-23(28)9-5-16-4-8-20-22(13-16)32-12-11-31-20/h2-10,13-15H,11-12H2,1H3,(H,26,28)(H,27,29)/b9-5+. The van der Waals surface area contributed by atoms with E-state index in [0.717, 1.165) is 5.56 Å². The van der Waals surface area contributed by atoms with Crippen LogP contribution in [-0.2, 0) is 4.79 Å². The van der Waals surface area contributed by atoms with Crippen molar-refractivity contribution in [2.45, 2.75) is 0 Å². The topological polar surface area (TPSA) is 98.8 Å². The normalized spacial score (nSPS) is 12.3. The van der Waals surface area contributed by atoms with Crippen molar-refractivity contribution in [3.8, 4) is 17.2 Å². The molecule has 8 heteroatoms. The molecule has 162 valence electrons. The molecule has 0 saturated heterocycles. The molecule has 2 aromatic carbocycles. The molecular weight excluding hydrogens is 410 g/mol. The Morgan fingerprint density at radius 2 is 1.88 bits per heavy atom. The summed E-state index contributed by atoms with van der Waals surface area (Å²) >= 11 is 0. The first-order valence-electron chi connectivity index (χ1n) is 9.90. The second kappa shape index (κ2) is 9.65. The summed E-state index contributed by atoms with van der Waals surface area (Å²) in [6.07, 6.45) is 6.19. The molecule has 4 rings (SSSR count). The number of hydrogen-bond acceptors (Lipinski definition) is 6. The molecule has 0 aliphatic carbocycles. The van der Waals surface area contributed by atoms with Crippen LogP contribution >= 0.6 is 0 Å². The molecule has 0 radical (unpaired) electrons. The van der Waals surface area contributed by atoms with Crippen molar-refractivity contribution in [2.75, 3.05) is 31.0 Å². The Balaban J connectivity index is 1.41. The zero-order valence-electron chi connectivity index (χ0n) is 17.3.